The molecule has 2 heterocycles. The standard InChI is InChI=1S/C29H43FN4O4SSi/c1-5-12-32(27-20-26(27)23-8-10-24(30)11-9-23)13-6-7-25-21-34(22-38-16-19-40(2,3)4)29(35)28(31-25)33-14-17-39(36,37)18-15-33/h5,8-11,21,26-27H,1,6-7,12-20,22H2,2-4H3/t26-,27+/m0/s1. The van der Waals surface area contributed by atoms with Gasteiger partial charge in [0.2, 0.25) is 0 Å². The first-order valence-electron chi connectivity index (χ1n) is 14.2. The van der Waals surface area contributed by atoms with Gasteiger partial charge in [-0.2, -0.15) is 0 Å². The van der Waals surface area contributed by atoms with Gasteiger partial charge in [-0.15, -0.1) is 6.58 Å². The molecular formula is C29H43FN4O4SSi. The molecule has 8 nitrogen and oxygen atoms in total. The smallest absolute Gasteiger partial charge is 0.295 e. The maximum absolute atomic E-state index is 13.4. The van der Waals surface area contributed by atoms with Crippen molar-refractivity contribution in [3.05, 3.63) is 70.5 Å². The highest BCUT2D eigenvalue weighted by Gasteiger charge is 2.42. The second-order valence-corrected chi connectivity index (χ2v) is 20.1. The zero-order valence-corrected chi connectivity index (χ0v) is 25.8. The first kappa shape index (κ1) is 30.6. The van der Waals surface area contributed by atoms with Crippen LogP contribution in [-0.4, -0.2) is 81.3 Å². The number of sulfone groups is 1. The summed E-state index contributed by atoms with van der Waals surface area (Å²) in [5.74, 6) is 0.541. The molecule has 0 amide bonds. The first-order valence-corrected chi connectivity index (χ1v) is 19.7. The van der Waals surface area contributed by atoms with Gasteiger partial charge in [-0.3, -0.25) is 14.3 Å². The number of rotatable bonds is 14. The fourth-order valence-corrected chi connectivity index (χ4v) is 7.10. The minimum absolute atomic E-state index is 0.0260. The van der Waals surface area contributed by atoms with Crippen LogP contribution >= 0.6 is 0 Å². The van der Waals surface area contributed by atoms with Crippen molar-refractivity contribution in [3.8, 4) is 0 Å². The zero-order valence-electron chi connectivity index (χ0n) is 24.0. The number of anilines is 1. The predicted molar refractivity (Wildman–Crippen MR) is 161 cm³/mol. The van der Waals surface area contributed by atoms with E-state index in [1.807, 2.05) is 18.2 Å². The predicted octanol–water partition coefficient (Wildman–Crippen LogP) is 3.91. The molecule has 2 fully saturated rings. The summed E-state index contributed by atoms with van der Waals surface area (Å²) in [6.45, 7) is 13.7. The largest absolute Gasteiger partial charge is 0.361 e. The molecule has 4 rings (SSSR count). The maximum atomic E-state index is 13.4. The average Bonchev–Trinajstić information content (AvgIpc) is 3.68. The lowest BCUT2D eigenvalue weighted by molar-refractivity contribution is 0.0844. The Morgan fingerprint density at radius 1 is 1.20 bits per heavy atom. The van der Waals surface area contributed by atoms with Crippen LogP contribution in [0.25, 0.3) is 0 Å². The van der Waals surface area contributed by atoms with Crippen LogP contribution in [0.4, 0.5) is 10.2 Å². The Labute approximate surface area is 238 Å². The Kier molecular flexibility index (Phi) is 10.0. The Morgan fingerprint density at radius 2 is 1.90 bits per heavy atom. The summed E-state index contributed by atoms with van der Waals surface area (Å²) in [5, 5.41) is 0. The van der Waals surface area contributed by atoms with E-state index in [0.29, 0.717) is 30.8 Å². The molecule has 1 aliphatic carbocycles. The number of aryl methyl sites for hydroxylation is 1. The lowest BCUT2D eigenvalue weighted by Gasteiger charge is -2.28. The maximum Gasteiger partial charge on any atom is 0.295 e. The Bertz CT molecular complexity index is 1310. The summed E-state index contributed by atoms with van der Waals surface area (Å²) >= 11 is 0. The van der Waals surface area contributed by atoms with Gasteiger partial charge in [0.25, 0.3) is 5.56 Å². The Balaban J connectivity index is 1.43. The highest BCUT2D eigenvalue weighted by atomic mass is 32.2. The van der Waals surface area contributed by atoms with E-state index in [2.05, 4.69) is 31.1 Å². The molecule has 11 heteroatoms. The Morgan fingerprint density at radius 3 is 2.55 bits per heavy atom. The molecule has 0 N–H and O–H groups in total. The Hall–Kier alpha value is -2.34. The minimum Gasteiger partial charge on any atom is -0.361 e. The molecular weight excluding hydrogens is 547 g/mol. The third kappa shape index (κ3) is 8.58. The van der Waals surface area contributed by atoms with E-state index in [-0.39, 0.29) is 42.7 Å². The van der Waals surface area contributed by atoms with Gasteiger partial charge in [-0.1, -0.05) is 37.8 Å². The van der Waals surface area contributed by atoms with Crippen LogP contribution in [0.15, 0.2) is 47.9 Å². The normalized spacial score (nSPS) is 20.6. The summed E-state index contributed by atoms with van der Waals surface area (Å²) in [4.78, 5) is 22.3. The van der Waals surface area contributed by atoms with Crippen LogP contribution < -0.4 is 10.5 Å². The van der Waals surface area contributed by atoms with Crippen molar-refractivity contribution in [3.63, 3.8) is 0 Å². The molecule has 40 heavy (non-hydrogen) atoms. The van der Waals surface area contributed by atoms with Crippen LogP contribution in [0, 0.1) is 5.82 Å². The van der Waals surface area contributed by atoms with Crippen molar-refractivity contribution in [1.29, 1.82) is 0 Å². The first-order chi connectivity index (χ1) is 19.0. The quantitative estimate of drug-likeness (QED) is 0.187. The molecule has 0 spiro atoms. The number of ether oxygens (including phenoxy) is 1. The molecule has 2 aliphatic rings. The van der Waals surface area contributed by atoms with Crippen LogP contribution in [0.2, 0.25) is 25.7 Å². The molecule has 220 valence electrons. The molecule has 0 radical (unpaired) electrons. The number of halogens is 1. The van der Waals surface area contributed by atoms with E-state index < -0.39 is 17.9 Å². The van der Waals surface area contributed by atoms with Crippen LogP contribution in [0.3, 0.4) is 0 Å². The van der Waals surface area contributed by atoms with Gasteiger partial charge >= 0.3 is 0 Å². The number of aromatic nitrogens is 2. The van der Waals surface area contributed by atoms with Gasteiger partial charge < -0.3 is 9.64 Å². The molecule has 2 atom stereocenters. The van der Waals surface area contributed by atoms with Gasteiger partial charge in [-0.25, -0.2) is 17.8 Å². The van der Waals surface area contributed by atoms with Crippen molar-refractivity contribution in [2.75, 3.05) is 49.2 Å². The number of benzene rings is 1. The van der Waals surface area contributed by atoms with Crippen LogP contribution in [-0.2, 0) is 27.7 Å². The zero-order chi connectivity index (χ0) is 28.9. The van der Waals surface area contributed by atoms with Gasteiger partial charge in [0.1, 0.15) is 12.5 Å². The summed E-state index contributed by atoms with van der Waals surface area (Å²) in [7, 11) is -4.34. The molecule has 1 saturated heterocycles. The SMILES string of the molecule is C=CCN(CCCc1cn(COCC[Si](C)(C)C)c(=O)c(N2CCS(=O)(=O)CC2)n1)[C@@H]1C[C@H]1c1ccc(F)cc1. The summed E-state index contributed by atoms with van der Waals surface area (Å²) in [6.07, 6.45) is 6.27. The fourth-order valence-electron chi connectivity index (χ4n) is 5.14. The summed E-state index contributed by atoms with van der Waals surface area (Å²) < 4.78 is 44.8. The van der Waals surface area contributed by atoms with E-state index >= 15 is 0 Å². The summed E-state index contributed by atoms with van der Waals surface area (Å²) in [5.41, 5.74) is 1.71. The molecule has 1 aromatic heterocycles. The monoisotopic (exact) mass is 590 g/mol. The number of nitrogens with zero attached hydrogens (tertiary/aromatic N) is 4. The van der Waals surface area contributed by atoms with Crippen LogP contribution in [0.5, 0.6) is 0 Å². The molecule has 1 aromatic carbocycles. The van der Waals surface area contributed by atoms with E-state index in [4.69, 9.17) is 9.72 Å². The minimum atomic E-state index is -3.08. The molecule has 1 aliphatic heterocycles. The van der Waals surface area contributed by atoms with Gasteiger partial charge in [0.15, 0.2) is 15.7 Å². The van der Waals surface area contributed by atoms with Crippen LogP contribution in [0.1, 0.15) is 30.0 Å². The molecule has 0 unspecified atom stereocenters. The second-order valence-electron chi connectivity index (χ2n) is 12.2. The lowest BCUT2D eigenvalue weighted by atomic mass is 10.1. The van der Waals surface area contributed by atoms with E-state index in [0.717, 1.165) is 43.2 Å². The van der Waals surface area contributed by atoms with Crippen molar-refractivity contribution in [1.82, 2.24) is 14.5 Å². The van der Waals surface area contributed by atoms with E-state index in [9.17, 15) is 17.6 Å². The van der Waals surface area contributed by atoms with E-state index in [1.165, 1.54) is 12.1 Å². The average molecular weight is 591 g/mol. The van der Waals surface area contributed by atoms with Gasteiger partial charge in [-0.05, 0) is 49.5 Å². The number of hydrogen-bond acceptors (Lipinski definition) is 7. The topological polar surface area (TPSA) is 84.7 Å². The van der Waals surface area contributed by atoms with Crippen molar-refractivity contribution in [2.24, 2.45) is 0 Å². The highest BCUT2D eigenvalue weighted by Crippen LogP contribution is 2.44. The third-order valence-corrected chi connectivity index (χ3v) is 11.0. The fraction of sp³-hybridized carbons (Fsp3) is 0.586. The molecule has 2 aromatic rings. The third-order valence-electron chi connectivity index (χ3n) is 7.64. The molecule has 0 bridgehead atoms. The number of hydrogen-bond donors (Lipinski definition) is 0. The van der Waals surface area contributed by atoms with Crippen molar-refractivity contribution >= 4 is 23.7 Å². The highest BCUT2D eigenvalue weighted by molar-refractivity contribution is 7.91. The van der Waals surface area contributed by atoms with E-state index in [1.54, 1.807) is 15.7 Å². The van der Waals surface area contributed by atoms with Crippen molar-refractivity contribution in [2.45, 2.75) is 63.6 Å². The second kappa shape index (κ2) is 13.1. The molecule has 1 saturated carbocycles. The summed E-state index contributed by atoms with van der Waals surface area (Å²) in [6, 6.07) is 8.20. The lowest BCUT2D eigenvalue weighted by Crippen LogP contribution is -2.44. The van der Waals surface area contributed by atoms with Gasteiger partial charge in [0.05, 0.1) is 17.2 Å². The van der Waals surface area contributed by atoms with Gasteiger partial charge in [0, 0.05) is 52.5 Å². The van der Waals surface area contributed by atoms with Crippen molar-refractivity contribution < 1.29 is 17.5 Å².